The van der Waals surface area contributed by atoms with E-state index in [0.717, 1.165) is 6.07 Å². The maximum atomic E-state index is 12.1. The van der Waals surface area contributed by atoms with E-state index in [1.807, 2.05) is 0 Å². The van der Waals surface area contributed by atoms with Crippen molar-refractivity contribution < 1.29 is 19.6 Å². The van der Waals surface area contributed by atoms with Gasteiger partial charge in [0.05, 0.1) is 11.3 Å². The predicted octanol–water partition coefficient (Wildman–Crippen LogP) is 2.18. The lowest BCUT2D eigenvalue weighted by atomic mass is 10.1. The molecule has 0 fully saturated rings. The Bertz CT molecular complexity index is 547. The maximum Gasteiger partial charge on any atom is 0.305 e. The number of carbonyl (C=O) groups is 2. The SMILES string of the molecule is CCN(CCC(=O)O)C(=O)c1ccc(Cl)c([N+](=O)[O-])c1. The average Bonchev–Trinajstić information content (AvgIpc) is 2.39. The largest absolute Gasteiger partial charge is 0.481 e. The molecular formula is C12H13ClN2O5. The van der Waals surface area contributed by atoms with Crippen LogP contribution in [0.5, 0.6) is 0 Å². The third-order valence-electron chi connectivity index (χ3n) is 2.65. The summed E-state index contributed by atoms with van der Waals surface area (Å²) in [6.07, 6.45) is -0.185. The first kappa shape index (κ1) is 15.9. The van der Waals surface area contributed by atoms with Gasteiger partial charge in [-0.2, -0.15) is 0 Å². The Balaban J connectivity index is 2.97. The van der Waals surface area contributed by atoms with Crippen molar-refractivity contribution in [2.24, 2.45) is 0 Å². The van der Waals surface area contributed by atoms with Crippen molar-refractivity contribution in [2.75, 3.05) is 13.1 Å². The lowest BCUT2D eigenvalue weighted by Crippen LogP contribution is -2.32. The molecule has 108 valence electrons. The van der Waals surface area contributed by atoms with Crippen LogP contribution in [0, 0.1) is 10.1 Å². The van der Waals surface area contributed by atoms with Gasteiger partial charge in [0.15, 0.2) is 0 Å². The van der Waals surface area contributed by atoms with Crippen LogP contribution in [0.25, 0.3) is 0 Å². The highest BCUT2D eigenvalue weighted by Gasteiger charge is 2.20. The van der Waals surface area contributed by atoms with E-state index in [-0.39, 0.29) is 29.2 Å². The first-order chi connectivity index (χ1) is 9.36. The van der Waals surface area contributed by atoms with Crippen LogP contribution in [0.15, 0.2) is 18.2 Å². The van der Waals surface area contributed by atoms with Crippen LogP contribution in [0.1, 0.15) is 23.7 Å². The lowest BCUT2D eigenvalue weighted by molar-refractivity contribution is -0.384. The summed E-state index contributed by atoms with van der Waals surface area (Å²) in [5, 5.41) is 19.3. The minimum Gasteiger partial charge on any atom is -0.481 e. The van der Waals surface area contributed by atoms with Gasteiger partial charge >= 0.3 is 5.97 Å². The lowest BCUT2D eigenvalue weighted by Gasteiger charge is -2.19. The number of aliphatic carboxylic acids is 1. The molecule has 0 aliphatic rings. The number of rotatable bonds is 6. The van der Waals surface area contributed by atoms with E-state index in [1.54, 1.807) is 6.92 Å². The minimum atomic E-state index is -1.02. The van der Waals surface area contributed by atoms with Gasteiger partial charge in [0, 0.05) is 24.7 Å². The molecular weight excluding hydrogens is 288 g/mol. The number of amides is 1. The number of hydrogen-bond acceptors (Lipinski definition) is 4. The summed E-state index contributed by atoms with van der Waals surface area (Å²) >= 11 is 5.67. The number of carbonyl (C=O) groups excluding carboxylic acids is 1. The standard InChI is InChI=1S/C12H13ClN2O5/c1-2-14(6-5-11(16)17)12(18)8-3-4-9(13)10(7-8)15(19)20/h3-4,7H,2,5-6H2,1H3,(H,16,17). The van der Waals surface area contributed by atoms with Crippen molar-refractivity contribution in [3.05, 3.63) is 38.9 Å². The first-order valence-corrected chi connectivity index (χ1v) is 6.19. The van der Waals surface area contributed by atoms with Crippen molar-refractivity contribution in [1.82, 2.24) is 4.90 Å². The number of carboxylic acids is 1. The molecule has 0 aliphatic carbocycles. The van der Waals surface area contributed by atoms with Crippen molar-refractivity contribution >= 4 is 29.2 Å². The van der Waals surface area contributed by atoms with E-state index < -0.39 is 16.8 Å². The van der Waals surface area contributed by atoms with Crippen molar-refractivity contribution in [3.63, 3.8) is 0 Å². The summed E-state index contributed by atoms with van der Waals surface area (Å²) in [6, 6.07) is 3.74. The van der Waals surface area contributed by atoms with Gasteiger partial charge in [-0.05, 0) is 19.1 Å². The van der Waals surface area contributed by atoms with Gasteiger partial charge in [0.1, 0.15) is 5.02 Å². The van der Waals surface area contributed by atoms with E-state index in [1.165, 1.54) is 17.0 Å². The second-order valence-corrected chi connectivity index (χ2v) is 4.36. The number of carboxylic acid groups (broad SMARTS) is 1. The summed E-state index contributed by atoms with van der Waals surface area (Å²) in [7, 11) is 0. The van der Waals surface area contributed by atoms with Crippen LogP contribution in [0.4, 0.5) is 5.69 Å². The number of nitro groups is 1. The van der Waals surface area contributed by atoms with E-state index in [2.05, 4.69) is 0 Å². The van der Waals surface area contributed by atoms with E-state index in [9.17, 15) is 19.7 Å². The Labute approximate surface area is 119 Å². The fourth-order valence-electron chi connectivity index (χ4n) is 1.60. The fraction of sp³-hybridized carbons (Fsp3) is 0.333. The van der Waals surface area contributed by atoms with Crippen LogP contribution in [-0.4, -0.2) is 39.9 Å². The second kappa shape index (κ2) is 6.85. The zero-order valence-corrected chi connectivity index (χ0v) is 11.5. The minimum absolute atomic E-state index is 0.0427. The number of nitrogens with zero attached hydrogens (tertiary/aromatic N) is 2. The Morgan fingerprint density at radius 1 is 1.45 bits per heavy atom. The topological polar surface area (TPSA) is 101 Å². The van der Waals surface area contributed by atoms with Gasteiger partial charge in [0.25, 0.3) is 11.6 Å². The first-order valence-electron chi connectivity index (χ1n) is 5.81. The summed E-state index contributed by atoms with van der Waals surface area (Å²) in [6.45, 7) is 2.05. The van der Waals surface area contributed by atoms with Gasteiger partial charge in [-0.1, -0.05) is 11.6 Å². The number of benzene rings is 1. The van der Waals surface area contributed by atoms with E-state index in [0.29, 0.717) is 6.54 Å². The molecule has 1 aromatic carbocycles. The highest BCUT2D eigenvalue weighted by Crippen LogP contribution is 2.25. The molecule has 7 nitrogen and oxygen atoms in total. The zero-order valence-electron chi connectivity index (χ0n) is 10.7. The zero-order chi connectivity index (χ0) is 15.3. The molecule has 0 atom stereocenters. The number of halogens is 1. The highest BCUT2D eigenvalue weighted by atomic mass is 35.5. The van der Waals surface area contributed by atoms with Crippen LogP contribution in [-0.2, 0) is 4.79 Å². The molecule has 0 saturated heterocycles. The van der Waals surface area contributed by atoms with Gasteiger partial charge in [-0.3, -0.25) is 19.7 Å². The van der Waals surface area contributed by atoms with Crippen LogP contribution in [0.3, 0.4) is 0 Å². The van der Waals surface area contributed by atoms with E-state index >= 15 is 0 Å². The van der Waals surface area contributed by atoms with Crippen LogP contribution < -0.4 is 0 Å². The highest BCUT2D eigenvalue weighted by molar-refractivity contribution is 6.32. The number of hydrogen-bond donors (Lipinski definition) is 1. The monoisotopic (exact) mass is 300 g/mol. The van der Waals surface area contributed by atoms with Crippen molar-refractivity contribution in [1.29, 1.82) is 0 Å². The summed E-state index contributed by atoms with van der Waals surface area (Å²) in [5.74, 6) is -1.48. The quantitative estimate of drug-likeness (QED) is 0.641. The molecule has 0 heterocycles. The van der Waals surface area contributed by atoms with Gasteiger partial charge in [-0.15, -0.1) is 0 Å². The Morgan fingerprint density at radius 2 is 2.10 bits per heavy atom. The van der Waals surface area contributed by atoms with Crippen molar-refractivity contribution in [2.45, 2.75) is 13.3 Å². The average molecular weight is 301 g/mol. The molecule has 0 aliphatic heterocycles. The summed E-state index contributed by atoms with van der Waals surface area (Å²) in [4.78, 5) is 34.1. The molecule has 8 heteroatoms. The van der Waals surface area contributed by atoms with Crippen LogP contribution in [0.2, 0.25) is 5.02 Å². The Kier molecular flexibility index (Phi) is 5.45. The molecule has 0 aromatic heterocycles. The van der Waals surface area contributed by atoms with Gasteiger partial charge in [0.2, 0.25) is 0 Å². The molecule has 1 N–H and O–H groups in total. The summed E-state index contributed by atoms with van der Waals surface area (Å²) < 4.78 is 0. The molecule has 0 spiro atoms. The molecule has 0 unspecified atom stereocenters. The Hall–Kier alpha value is -2.15. The van der Waals surface area contributed by atoms with E-state index in [4.69, 9.17) is 16.7 Å². The maximum absolute atomic E-state index is 12.1. The molecule has 0 radical (unpaired) electrons. The third-order valence-corrected chi connectivity index (χ3v) is 2.97. The normalized spacial score (nSPS) is 10.1. The predicted molar refractivity (Wildman–Crippen MR) is 71.9 cm³/mol. The Morgan fingerprint density at radius 3 is 2.60 bits per heavy atom. The summed E-state index contributed by atoms with van der Waals surface area (Å²) in [5.41, 5.74) is -0.250. The molecule has 1 rings (SSSR count). The molecule has 20 heavy (non-hydrogen) atoms. The fourth-order valence-corrected chi connectivity index (χ4v) is 1.79. The van der Waals surface area contributed by atoms with Gasteiger partial charge < -0.3 is 10.0 Å². The molecule has 0 saturated carbocycles. The smallest absolute Gasteiger partial charge is 0.305 e. The number of nitro benzene ring substituents is 1. The van der Waals surface area contributed by atoms with Crippen LogP contribution >= 0.6 is 11.6 Å². The second-order valence-electron chi connectivity index (χ2n) is 3.95. The molecule has 1 aromatic rings. The molecule has 0 bridgehead atoms. The molecule has 1 amide bonds. The van der Waals surface area contributed by atoms with Gasteiger partial charge in [-0.25, -0.2) is 0 Å². The van der Waals surface area contributed by atoms with Crippen molar-refractivity contribution in [3.8, 4) is 0 Å². The third kappa shape index (κ3) is 3.92.